The monoisotopic (exact) mass is 941 g/mol. The molecule has 0 aromatic heterocycles. The molecule has 3 aromatic rings. The van der Waals surface area contributed by atoms with E-state index in [0.29, 0.717) is 49.7 Å². The Morgan fingerprint density at radius 2 is 0.710 bits per heavy atom. The standard InChI is InChI=1S/C42H56Si.C20H26.C5H10O/c1-23-13-25-27-15-39(3,4)17-29(27)31-19-41(7,8)21-33(31)35(25)37(23)43(11,12)38-24(2)14-26-28-16-40(5,6)18-30(28)32-20-42(9,10)22-34(32)36(26)38;1-12-6-13-14(7-12)16-9-20(4,5)11-18(16)17-10-19(2,3)8-15(13)17;1-5-3-2-4-6-5/h13-14,37-38H,15-22H2,1-12H3;6H,7-11H2,1-5H3;5H,2-4H2,1H3. The Labute approximate surface area is 422 Å². The highest BCUT2D eigenvalue weighted by atomic mass is 28.3. The van der Waals surface area contributed by atoms with Crippen molar-refractivity contribution in [1.82, 2.24) is 0 Å². The van der Waals surface area contributed by atoms with Crippen LogP contribution < -0.4 is 0 Å². The van der Waals surface area contributed by atoms with Crippen LogP contribution in [0.25, 0.3) is 18.2 Å². The molecule has 1 nitrogen and oxygen atoms in total. The summed E-state index contributed by atoms with van der Waals surface area (Å²) in [5.41, 5.74) is 40.0. The van der Waals surface area contributed by atoms with Gasteiger partial charge in [-0.25, -0.2) is 0 Å². The van der Waals surface area contributed by atoms with Crippen molar-refractivity contribution in [2.24, 2.45) is 32.5 Å². The first kappa shape index (κ1) is 48.3. The molecule has 0 radical (unpaired) electrons. The Morgan fingerprint density at radius 3 is 1.04 bits per heavy atom. The minimum Gasteiger partial charge on any atom is -0.379 e. The molecule has 69 heavy (non-hydrogen) atoms. The molecule has 1 fully saturated rings. The van der Waals surface area contributed by atoms with E-state index in [1.54, 1.807) is 106 Å². The zero-order valence-corrected chi connectivity index (χ0v) is 48.2. The highest BCUT2D eigenvalue weighted by Crippen LogP contribution is 2.61. The largest absolute Gasteiger partial charge is 0.379 e. The lowest BCUT2D eigenvalue weighted by molar-refractivity contribution is 0.125. The maximum absolute atomic E-state index is 5.15. The first-order valence-electron chi connectivity index (χ1n) is 28.2. The number of fused-ring (bicyclic) bond motifs is 18. The van der Waals surface area contributed by atoms with Gasteiger partial charge in [-0.15, -0.1) is 0 Å². The average Bonchev–Trinajstić information content (AvgIpc) is 4.05. The molecule has 2 heteroatoms. The lowest BCUT2D eigenvalue weighted by Crippen LogP contribution is -2.43. The van der Waals surface area contributed by atoms with Crippen molar-refractivity contribution in [3.8, 4) is 0 Å². The quantitative estimate of drug-likeness (QED) is 0.233. The van der Waals surface area contributed by atoms with Crippen LogP contribution in [0.5, 0.6) is 0 Å². The van der Waals surface area contributed by atoms with Crippen molar-refractivity contribution >= 4 is 26.3 Å². The van der Waals surface area contributed by atoms with Gasteiger partial charge in [0.15, 0.2) is 0 Å². The first-order valence-corrected chi connectivity index (χ1v) is 31.3. The van der Waals surface area contributed by atoms with Crippen LogP contribution in [-0.4, -0.2) is 20.8 Å². The minimum atomic E-state index is -1.92. The second-order valence-electron chi connectivity index (χ2n) is 30.9. The van der Waals surface area contributed by atoms with Gasteiger partial charge >= 0.3 is 0 Å². The molecule has 0 saturated carbocycles. The van der Waals surface area contributed by atoms with Gasteiger partial charge in [-0.2, -0.15) is 0 Å². The van der Waals surface area contributed by atoms with Gasteiger partial charge < -0.3 is 4.74 Å². The summed E-state index contributed by atoms with van der Waals surface area (Å²) in [7, 11) is -1.92. The topological polar surface area (TPSA) is 9.23 Å². The van der Waals surface area contributed by atoms with Gasteiger partial charge in [0.05, 0.1) is 14.2 Å². The summed E-state index contributed by atoms with van der Waals surface area (Å²) in [6.07, 6.45) is 27.5. The van der Waals surface area contributed by atoms with E-state index in [1.807, 2.05) is 11.1 Å². The lowest BCUT2D eigenvalue weighted by Gasteiger charge is -2.41. The van der Waals surface area contributed by atoms with Crippen LogP contribution >= 0.6 is 0 Å². The SMILES string of the molecule is CC1=Cc2c3c(c4c(c2C1)CC(C)(C)C4)CC(C)(C)C3.CC1=Cc2c3c(c4c(c2C1[Si](C)(C)C1C(C)=Cc2c5c(c6c(c21)CC(C)(C)C6)CC(C)(C)C5)CC(C)(C)C4)CC(C)(C)C3.CC1CCCO1. The number of hydrogen-bond acceptors (Lipinski definition) is 1. The van der Waals surface area contributed by atoms with E-state index in [-0.39, 0.29) is 0 Å². The van der Waals surface area contributed by atoms with Gasteiger partial charge in [-0.3, -0.25) is 0 Å². The van der Waals surface area contributed by atoms with E-state index >= 15 is 0 Å². The molecule has 1 aliphatic heterocycles. The highest BCUT2D eigenvalue weighted by molar-refractivity contribution is 6.81. The second-order valence-corrected chi connectivity index (χ2v) is 35.6. The summed E-state index contributed by atoms with van der Waals surface area (Å²) < 4.78 is 5.15. The van der Waals surface area contributed by atoms with Crippen LogP contribution in [0.1, 0.15) is 235 Å². The van der Waals surface area contributed by atoms with Crippen molar-refractivity contribution in [3.63, 3.8) is 0 Å². The summed E-state index contributed by atoms with van der Waals surface area (Å²) in [5, 5.41) is 0. The van der Waals surface area contributed by atoms with Gasteiger partial charge in [0, 0.05) is 17.7 Å². The molecule has 3 atom stereocenters. The third kappa shape index (κ3) is 7.98. The zero-order valence-electron chi connectivity index (χ0n) is 47.2. The minimum absolute atomic E-state index is 0.375. The Hall–Kier alpha value is -2.94. The normalized spacial score (nSPS) is 27.4. The third-order valence-corrected chi connectivity index (χ3v) is 24.2. The van der Waals surface area contributed by atoms with Crippen LogP contribution in [0, 0.1) is 32.5 Å². The fourth-order valence-electron chi connectivity index (χ4n) is 17.5. The lowest BCUT2D eigenvalue weighted by atomic mass is 9.88. The van der Waals surface area contributed by atoms with Crippen LogP contribution in [0.15, 0.2) is 16.7 Å². The molecule has 0 spiro atoms. The molecule has 0 N–H and O–H groups in total. The maximum atomic E-state index is 5.15. The summed E-state index contributed by atoms with van der Waals surface area (Å²) in [6.45, 7) is 46.0. The molecule has 0 bridgehead atoms. The zero-order chi connectivity index (χ0) is 49.5. The fourth-order valence-corrected chi connectivity index (χ4v) is 22.5. The molecule has 3 aromatic carbocycles. The summed E-state index contributed by atoms with van der Waals surface area (Å²) in [5.74, 6) is 0. The molecule has 13 rings (SSSR count). The van der Waals surface area contributed by atoms with Crippen LogP contribution in [0.4, 0.5) is 0 Å². The van der Waals surface area contributed by atoms with Gasteiger partial charge in [-0.05, 0) is 257 Å². The van der Waals surface area contributed by atoms with E-state index < -0.39 is 8.07 Å². The fraction of sp³-hybridized carbons (Fsp3) is 0.642. The second kappa shape index (κ2) is 15.5. The Balaban J connectivity index is 0.000000164. The number of hydrogen-bond donors (Lipinski definition) is 0. The molecule has 1 heterocycles. The van der Waals surface area contributed by atoms with E-state index in [0.717, 1.165) is 6.61 Å². The van der Waals surface area contributed by atoms with E-state index in [4.69, 9.17) is 4.74 Å². The molecular weight excluding hydrogens is 849 g/mol. The van der Waals surface area contributed by atoms with Crippen LogP contribution in [-0.2, 0) is 88.2 Å². The van der Waals surface area contributed by atoms with Crippen LogP contribution in [0.2, 0.25) is 13.1 Å². The van der Waals surface area contributed by atoms with Crippen molar-refractivity contribution in [3.05, 3.63) is 117 Å². The number of rotatable bonds is 2. The maximum Gasteiger partial charge on any atom is 0.0722 e. The summed E-state index contributed by atoms with van der Waals surface area (Å²) in [4.78, 5) is 0. The number of ether oxygens (including phenoxy) is 1. The number of benzene rings is 3. The van der Waals surface area contributed by atoms with E-state index in [2.05, 4.69) is 142 Å². The molecule has 3 unspecified atom stereocenters. The van der Waals surface area contributed by atoms with Crippen molar-refractivity contribution in [2.75, 3.05) is 6.61 Å². The molecule has 10 aliphatic rings. The average molecular weight is 942 g/mol. The molecular formula is C67H92OSi. The van der Waals surface area contributed by atoms with Gasteiger partial charge in [0.25, 0.3) is 0 Å². The highest BCUT2D eigenvalue weighted by Gasteiger charge is 2.53. The summed E-state index contributed by atoms with van der Waals surface area (Å²) >= 11 is 0. The Morgan fingerprint density at radius 1 is 0.406 bits per heavy atom. The van der Waals surface area contributed by atoms with E-state index in [9.17, 15) is 0 Å². The van der Waals surface area contributed by atoms with Gasteiger partial charge in [0.2, 0.25) is 0 Å². The van der Waals surface area contributed by atoms with Gasteiger partial charge in [0.1, 0.15) is 0 Å². The Kier molecular flexibility index (Phi) is 10.9. The smallest absolute Gasteiger partial charge is 0.0722 e. The van der Waals surface area contributed by atoms with E-state index in [1.165, 1.54) is 96.3 Å². The third-order valence-electron chi connectivity index (χ3n) is 19.8. The molecule has 1 saturated heterocycles. The Bertz CT molecular complexity index is 2700. The van der Waals surface area contributed by atoms with Gasteiger partial charge in [-0.1, -0.05) is 131 Å². The molecule has 9 aliphatic carbocycles. The van der Waals surface area contributed by atoms with Crippen molar-refractivity contribution in [2.45, 2.75) is 237 Å². The predicted molar refractivity (Wildman–Crippen MR) is 299 cm³/mol. The number of allylic oxidation sites excluding steroid dienone is 3. The first-order chi connectivity index (χ1) is 31.9. The summed E-state index contributed by atoms with van der Waals surface area (Å²) in [6, 6.07) is 0. The van der Waals surface area contributed by atoms with Crippen LogP contribution in [0.3, 0.4) is 0 Å². The van der Waals surface area contributed by atoms with Crippen molar-refractivity contribution < 1.29 is 4.74 Å². The predicted octanol–water partition coefficient (Wildman–Crippen LogP) is 16.8. The molecule has 370 valence electrons. The molecule has 0 amide bonds. The van der Waals surface area contributed by atoms with Crippen molar-refractivity contribution in [1.29, 1.82) is 0 Å².